The molecule has 0 radical (unpaired) electrons. The van der Waals surface area contributed by atoms with E-state index in [-0.39, 0.29) is 0 Å². The van der Waals surface area contributed by atoms with Gasteiger partial charge in [0.2, 0.25) is 11.5 Å². The van der Waals surface area contributed by atoms with Gasteiger partial charge in [0.15, 0.2) is 0 Å². The molecular formula is C11H10N4OS. The van der Waals surface area contributed by atoms with Crippen molar-refractivity contribution in [3.05, 3.63) is 36.2 Å². The van der Waals surface area contributed by atoms with Crippen LogP contribution in [0.5, 0.6) is 0 Å². The smallest absolute Gasteiger partial charge is 0.211 e. The van der Waals surface area contributed by atoms with Gasteiger partial charge in [-0.3, -0.25) is 4.79 Å². The highest BCUT2D eigenvalue weighted by molar-refractivity contribution is 7.22. The van der Waals surface area contributed by atoms with E-state index in [4.69, 9.17) is 5.73 Å². The maximum atomic E-state index is 10.2. The Morgan fingerprint density at radius 1 is 1.47 bits per heavy atom. The van der Waals surface area contributed by atoms with Gasteiger partial charge in [-0.1, -0.05) is 23.5 Å². The molecule has 0 aliphatic rings. The maximum Gasteiger partial charge on any atom is 0.211 e. The van der Waals surface area contributed by atoms with Crippen molar-refractivity contribution < 1.29 is 4.79 Å². The Hall–Kier alpha value is -2.21. The van der Waals surface area contributed by atoms with Crippen LogP contribution in [0.1, 0.15) is 0 Å². The molecule has 1 aromatic heterocycles. The van der Waals surface area contributed by atoms with E-state index < -0.39 is 0 Å². The topological polar surface area (TPSA) is 80.4 Å². The molecule has 86 valence electrons. The Kier molecular flexibility index (Phi) is 3.46. The minimum Gasteiger partial charge on any atom is -0.403 e. The number of rotatable bonds is 4. The van der Waals surface area contributed by atoms with Gasteiger partial charge in [-0.05, 0) is 12.1 Å². The van der Waals surface area contributed by atoms with Crippen molar-refractivity contribution in [1.29, 1.82) is 0 Å². The zero-order chi connectivity index (χ0) is 12.1. The second-order valence-electron chi connectivity index (χ2n) is 3.11. The number of para-hydroxylation sites is 1. The molecule has 0 aliphatic heterocycles. The number of aromatic nitrogens is 1. The van der Waals surface area contributed by atoms with E-state index in [9.17, 15) is 4.79 Å². The van der Waals surface area contributed by atoms with Gasteiger partial charge in [-0.2, -0.15) is 0 Å². The number of thiazole rings is 1. The van der Waals surface area contributed by atoms with Crippen molar-refractivity contribution in [2.45, 2.75) is 0 Å². The molecule has 0 spiro atoms. The maximum absolute atomic E-state index is 10.2. The third-order valence-electron chi connectivity index (χ3n) is 2.00. The summed E-state index contributed by atoms with van der Waals surface area (Å²) in [5.41, 5.74) is 6.64. The van der Waals surface area contributed by atoms with E-state index >= 15 is 0 Å². The molecule has 0 fully saturated rings. The summed E-state index contributed by atoms with van der Waals surface area (Å²) < 4.78 is 1.07. The summed E-state index contributed by atoms with van der Waals surface area (Å²) in [7, 11) is 0. The molecule has 0 aliphatic carbocycles. The molecule has 6 heteroatoms. The van der Waals surface area contributed by atoms with Gasteiger partial charge < -0.3 is 11.1 Å². The van der Waals surface area contributed by atoms with Crippen LogP contribution in [0.4, 0.5) is 5.13 Å². The van der Waals surface area contributed by atoms with Gasteiger partial charge >= 0.3 is 0 Å². The van der Waals surface area contributed by atoms with Crippen LogP contribution in [0, 0.1) is 0 Å². The number of nitrogens with one attached hydrogen (secondary N) is 1. The quantitative estimate of drug-likeness (QED) is 0.634. The van der Waals surface area contributed by atoms with E-state index in [1.165, 1.54) is 23.8 Å². The second-order valence-corrected chi connectivity index (χ2v) is 4.12. The highest BCUT2D eigenvalue weighted by Crippen LogP contribution is 2.27. The Balaban J connectivity index is 2.23. The summed E-state index contributed by atoms with van der Waals surface area (Å²) in [6.07, 6.45) is 3.28. The van der Waals surface area contributed by atoms with Crippen LogP contribution in [0.2, 0.25) is 0 Å². The van der Waals surface area contributed by atoms with Crippen LogP contribution in [-0.2, 0) is 4.79 Å². The van der Waals surface area contributed by atoms with Gasteiger partial charge in [-0.15, -0.1) is 0 Å². The lowest BCUT2D eigenvalue weighted by Crippen LogP contribution is -2.12. The van der Waals surface area contributed by atoms with Crippen molar-refractivity contribution >= 4 is 39.3 Å². The molecular weight excluding hydrogens is 236 g/mol. The number of hydrogen-bond donors (Lipinski definition) is 2. The highest BCUT2D eigenvalue weighted by atomic mass is 32.1. The first-order valence-electron chi connectivity index (χ1n) is 4.85. The standard InChI is InChI=1S/C11H10N4OS/c12-5-8(14-7-16)6-13-11-15-9-3-1-2-4-10(9)17-11/h1-7H,12H2,(H,14,16). The van der Waals surface area contributed by atoms with Crippen LogP contribution < -0.4 is 11.1 Å². The molecule has 0 atom stereocenters. The van der Waals surface area contributed by atoms with Crippen molar-refractivity contribution in [2.75, 3.05) is 0 Å². The summed E-state index contributed by atoms with van der Waals surface area (Å²) in [5.74, 6) is 0. The summed E-state index contributed by atoms with van der Waals surface area (Å²) in [5, 5.41) is 3.04. The van der Waals surface area contributed by atoms with Crippen LogP contribution in [0.3, 0.4) is 0 Å². The molecule has 2 rings (SSSR count). The molecule has 3 N–H and O–H groups in total. The molecule has 1 amide bonds. The zero-order valence-electron chi connectivity index (χ0n) is 8.83. The number of fused-ring (bicyclic) bond motifs is 1. The lowest BCUT2D eigenvalue weighted by molar-refractivity contribution is -0.108. The largest absolute Gasteiger partial charge is 0.403 e. The Morgan fingerprint density at radius 3 is 3.00 bits per heavy atom. The molecule has 5 nitrogen and oxygen atoms in total. The predicted molar refractivity (Wildman–Crippen MR) is 69.2 cm³/mol. The number of nitrogens with two attached hydrogens (primary N) is 1. The van der Waals surface area contributed by atoms with Crippen molar-refractivity contribution in [1.82, 2.24) is 10.3 Å². The Morgan fingerprint density at radius 2 is 2.29 bits per heavy atom. The van der Waals surface area contributed by atoms with E-state index in [1.54, 1.807) is 0 Å². The first-order valence-corrected chi connectivity index (χ1v) is 5.67. The minimum atomic E-state index is 0.430. The van der Waals surface area contributed by atoms with Gasteiger partial charge in [0, 0.05) is 6.20 Å². The number of carbonyl (C=O) groups excluding carboxylic acids is 1. The molecule has 17 heavy (non-hydrogen) atoms. The van der Waals surface area contributed by atoms with Crippen LogP contribution >= 0.6 is 11.3 Å². The fourth-order valence-corrected chi connectivity index (χ4v) is 2.05. The van der Waals surface area contributed by atoms with Gasteiger partial charge in [0.05, 0.1) is 22.1 Å². The van der Waals surface area contributed by atoms with Crippen molar-refractivity contribution in [3.63, 3.8) is 0 Å². The molecule has 1 heterocycles. The normalized spacial score (nSPS) is 12.1. The third-order valence-corrected chi connectivity index (χ3v) is 2.95. The Bertz CT molecular complexity index is 555. The summed E-state index contributed by atoms with van der Waals surface area (Å²) >= 11 is 1.47. The van der Waals surface area contributed by atoms with Gasteiger partial charge in [-0.25, -0.2) is 9.98 Å². The number of benzene rings is 1. The average Bonchev–Trinajstić information content (AvgIpc) is 2.77. The number of aliphatic imine (C=N–C) groups is 1. The van der Waals surface area contributed by atoms with Crippen molar-refractivity contribution in [3.8, 4) is 0 Å². The fraction of sp³-hybridized carbons (Fsp3) is 0. The van der Waals surface area contributed by atoms with Gasteiger partial charge in [0.1, 0.15) is 0 Å². The third kappa shape index (κ3) is 2.67. The lowest BCUT2D eigenvalue weighted by Gasteiger charge is -1.94. The number of allylic oxidation sites excluding steroid dienone is 1. The number of amides is 1. The molecule has 2 aromatic rings. The fourth-order valence-electron chi connectivity index (χ4n) is 1.24. The SMILES string of the molecule is NC=C(C=Nc1nc2ccccc2s1)NC=O. The monoisotopic (exact) mass is 246 g/mol. The van der Waals surface area contributed by atoms with E-state index in [1.807, 2.05) is 24.3 Å². The Labute approximate surface area is 102 Å². The van der Waals surface area contributed by atoms with Crippen LogP contribution in [0.15, 0.2) is 41.2 Å². The first-order chi connectivity index (χ1) is 8.33. The van der Waals surface area contributed by atoms with Crippen molar-refractivity contribution in [2.24, 2.45) is 10.7 Å². The number of hydrogen-bond acceptors (Lipinski definition) is 5. The summed E-state index contributed by atoms with van der Waals surface area (Å²) in [4.78, 5) is 18.7. The van der Waals surface area contributed by atoms with E-state index in [2.05, 4.69) is 15.3 Å². The predicted octanol–water partition coefficient (Wildman–Crippen LogP) is 1.54. The number of carbonyl (C=O) groups is 1. The average molecular weight is 246 g/mol. The first kappa shape index (κ1) is 11.3. The van der Waals surface area contributed by atoms with E-state index in [0.29, 0.717) is 17.2 Å². The second kappa shape index (κ2) is 5.22. The molecule has 1 aromatic carbocycles. The zero-order valence-corrected chi connectivity index (χ0v) is 9.65. The summed E-state index contributed by atoms with van der Waals surface area (Å²) in [6.45, 7) is 0. The summed E-state index contributed by atoms with van der Waals surface area (Å²) in [6, 6.07) is 7.78. The molecule has 0 saturated carbocycles. The molecule has 0 bridgehead atoms. The minimum absolute atomic E-state index is 0.430. The number of nitrogens with zero attached hydrogens (tertiary/aromatic N) is 2. The van der Waals surface area contributed by atoms with E-state index in [0.717, 1.165) is 10.2 Å². The van der Waals surface area contributed by atoms with Crippen LogP contribution in [0.25, 0.3) is 10.2 Å². The van der Waals surface area contributed by atoms with Gasteiger partial charge in [0.25, 0.3) is 0 Å². The lowest BCUT2D eigenvalue weighted by atomic mass is 10.3. The highest BCUT2D eigenvalue weighted by Gasteiger charge is 2.00. The molecule has 0 saturated heterocycles. The van der Waals surface area contributed by atoms with Crippen LogP contribution in [-0.4, -0.2) is 17.6 Å². The molecule has 0 unspecified atom stereocenters.